The molecular formula is C12H12ClN3O2. The summed E-state index contributed by atoms with van der Waals surface area (Å²) in [5.74, 6) is -0.346. The van der Waals surface area contributed by atoms with Crippen LogP contribution in [0.4, 0.5) is 5.69 Å². The number of rotatable bonds is 4. The van der Waals surface area contributed by atoms with Crippen LogP contribution in [0.3, 0.4) is 0 Å². The van der Waals surface area contributed by atoms with E-state index in [1.165, 1.54) is 7.11 Å². The number of ether oxygens (including phenoxy) is 1. The van der Waals surface area contributed by atoms with Crippen molar-refractivity contribution in [2.45, 2.75) is 0 Å². The number of carbonyl (C=O) groups is 1. The van der Waals surface area contributed by atoms with E-state index in [4.69, 9.17) is 11.6 Å². The van der Waals surface area contributed by atoms with E-state index >= 15 is 0 Å². The molecule has 0 aliphatic carbocycles. The van der Waals surface area contributed by atoms with Crippen LogP contribution in [0.25, 0.3) is 5.69 Å². The van der Waals surface area contributed by atoms with E-state index in [2.05, 4.69) is 15.2 Å². The highest BCUT2D eigenvalue weighted by Crippen LogP contribution is 2.27. The summed E-state index contributed by atoms with van der Waals surface area (Å²) in [6.45, 7) is 0.0745. The summed E-state index contributed by atoms with van der Waals surface area (Å²) >= 11 is 6.15. The molecule has 5 nitrogen and oxygen atoms in total. The number of carbonyl (C=O) groups excluding carboxylic acids is 1. The molecule has 0 unspecified atom stereocenters. The third-order valence-electron chi connectivity index (χ3n) is 2.37. The van der Waals surface area contributed by atoms with Crippen molar-refractivity contribution in [3.05, 3.63) is 41.7 Å². The molecule has 2 rings (SSSR count). The van der Waals surface area contributed by atoms with Crippen LogP contribution in [0.2, 0.25) is 5.02 Å². The molecule has 0 amide bonds. The number of esters is 1. The molecule has 1 aromatic heterocycles. The molecule has 0 bridgehead atoms. The van der Waals surface area contributed by atoms with Crippen LogP contribution in [-0.4, -0.2) is 29.4 Å². The molecule has 0 fully saturated rings. The third kappa shape index (κ3) is 2.62. The zero-order valence-electron chi connectivity index (χ0n) is 9.76. The highest BCUT2D eigenvalue weighted by molar-refractivity contribution is 6.33. The Kier molecular flexibility index (Phi) is 3.84. The highest BCUT2D eigenvalue weighted by atomic mass is 35.5. The normalized spacial score (nSPS) is 10.1. The molecule has 2 aromatic rings. The molecule has 0 aliphatic heterocycles. The Balaban J connectivity index is 2.30. The Hall–Kier alpha value is -2.01. The van der Waals surface area contributed by atoms with Crippen LogP contribution in [0.5, 0.6) is 0 Å². The van der Waals surface area contributed by atoms with Gasteiger partial charge in [0.1, 0.15) is 12.2 Å². The van der Waals surface area contributed by atoms with Crippen LogP contribution in [0, 0.1) is 0 Å². The fraction of sp³-hybridized carbons (Fsp3) is 0.167. The quantitative estimate of drug-likeness (QED) is 0.861. The summed E-state index contributed by atoms with van der Waals surface area (Å²) in [6.07, 6.45) is 3.44. The minimum absolute atomic E-state index is 0.0745. The average molecular weight is 266 g/mol. The smallest absolute Gasteiger partial charge is 0.325 e. The van der Waals surface area contributed by atoms with E-state index in [0.29, 0.717) is 10.7 Å². The summed E-state index contributed by atoms with van der Waals surface area (Å²) in [7, 11) is 1.34. The van der Waals surface area contributed by atoms with Crippen molar-refractivity contribution in [1.82, 2.24) is 9.78 Å². The van der Waals surface area contributed by atoms with Crippen molar-refractivity contribution < 1.29 is 9.53 Å². The number of anilines is 1. The third-order valence-corrected chi connectivity index (χ3v) is 2.68. The van der Waals surface area contributed by atoms with Crippen LogP contribution >= 0.6 is 11.6 Å². The van der Waals surface area contributed by atoms with Gasteiger partial charge in [-0.15, -0.1) is 0 Å². The summed E-state index contributed by atoms with van der Waals surface area (Å²) in [6, 6.07) is 7.19. The lowest BCUT2D eigenvalue weighted by Crippen LogP contribution is -2.16. The van der Waals surface area contributed by atoms with Gasteiger partial charge in [0.15, 0.2) is 0 Å². The minimum Gasteiger partial charge on any atom is -0.468 e. The van der Waals surface area contributed by atoms with Crippen molar-refractivity contribution in [3.8, 4) is 5.69 Å². The van der Waals surface area contributed by atoms with Gasteiger partial charge in [0, 0.05) is 12.4 Å². The van der Waals surface area contributed by atoms with Gasteiger partial charge in [0.2, 0.25) is 0 Å². The van der Waals surface area contributed by atoms with E-state index in [0.717, 1.165) is 5.69 Å². The molecule has 94 valence electrons. The topological polar surface area (TPSA) is 56.1 Å². The number of methoxy groups -OCH3 is 1. The molecule has 0 saturated carbocycles. The standard InChI is InChI=1S/C12H12ClN3O2/c1-18-11(17)8-14-10-5-2-4-9(13)12(10)16-7-3-6-15-16/h2-7,14H,8H2,1H3. The predicted molar refractivity (Wildman–Crippen MR) is 69.1 cm³/mol. The van der Waals surface area contributed by atoms with Crippen molar-refractivity contribution >= 4 is 23.3 Å². The van der Waals surface area contributed by atoms with Gasteiger partial charge in [-0.1, -0.05) is 17.7 Å². The molecule has 0 aliphatic rings. The SMILES string of the molecule is COC(=O)CNc1cccc(Cl)c1-n1cccn1. The van der Waals surface area contributed by atoms with Crippen LogP contribution in [0.15, 0.2) is 36.7 Å². The number of halogens is 1. The molecule has 1 N–H and O–H groups in total. The monoisotopic (exact) mass is 265 g/mol. The summed E-state index contributed by atoms with van der Waals surface area (Å²) < 4.78 is 6.22. The maximum atomic E-state index is 11.1. The second-order valence-corrected chi connectivity index (χ2v) is 3.92. The molecule has 6 heteroatoms. The second kappa shape index (κ2) is 5.55. The molecule has 0 spiro atoms. The Bertz CT molecular complexity index is 540. The predicted octanol–water partition coefficient (Wildman–Crippen LogP) is 2.11. The molecule has 0 radical (unpaired) electrons. The van der Waals surface area contributed by atoms with E-state index in [9.17, 15) is 4.79 Å². The lowest BCUT2D eigenvalue weighted by Gasteiger charge is -2.12. The van der Waals surface area contributed by atoms with Gasteiger partial charge >= 0.3 is 5.97 Å². The van der Waals surface area contributed by atoms with Gasteiger partial charge in [0.05, 0.1) is 17.8 Å². The Morgan fingerprint density at radius 2 is 2.33 bits per heavy atom. The summed E-state index contributed by atoms with van der Waals surface area (Å²) in [4.78, 5) is 11.1. The number of benzene rings is 1. The molecule has 0 atom stereocenters. The van der Waals surface area contributed by atoms with Gasteiger partial charge in [-0.3, -0.25) is 4.79 Å². The average Bonchev–Trinajstić information content (AvgIpc) is 2.89. The highest BCUT2D eigenvalue weighted by Gasteiger charge is 2.10. The fourth-order valence-corrected chi connectivity index (χ4v) is 1.79. The van der Waals surface area contributed by atoms with E-state index < -0.39 is 0 Å². The first-order chi connectivity index (χ1) is 8.72. The van der Waals surface area contributed by atoms with Gasteiger partial charge in [-0.2, -0.15) is 5.10 Å². The maximum absolute atomic E-state index is 11.1. The minimum atomic E-state index is -0.346. The molecule has 1 heterocycles. The van der Waals surface area contributed by atoms with Crippen molar-refractivity contribution in [2.24, 2.45) is 0 Å². The van der Waals surface area contributed by atoms with Crippen LogP contribution in [0.1, 0.15) is 0 Å². The largest absolute Gasteiger partial charge is 0.468 e. The lowest BCUT2D eigenvalue weighted by molar-refractivity contribution is -0.138. The first kappa shape index (κ1) is 12.4. The fourth-order valence-electron chi connectivity index (χ4n) is 1.53. The molecule has 1 aromatic carbocycles. The second-order valence-electron chi connectivity index (χ2n) is 3.52. The molecular weight excluding hydrogens is 254 g/mol. The first-order valence-corrected chi connectivity index (χ1v) is 5.69. The molecule has 18 heavy (non-hydrogen) atoms. The Morgan fingerprint density at radius 1 is 1.50 bits per heavy atom. The van der Waals surface area contributed by atoms with Gasteiger partial charge in [0.25, 0.3) is 0 Å². The van der Waals surface area contributed by atoms with Gasteiger partial charge in [-0.05, 0) is 18.2 Å². The van der Waals surface area contributed by atoms with Crippen molar-refractivity contribution in [3.63, 3.8) is 0 Å². The maximum Gasteiger partial charge on any atom is 0.325 e. The summed E-state index contributed by atoms with van der Waals surface area (Å²) in [5.41, 5.74) is 1.42. The van der Waals surface area contributed by atoms with E-state index in [-0.39, 0.29) is 12.5 Å². The van der Waals surface area contributed by atoms with Gasteiger partial charge in [-0.25, -0.2) is 4.68 Å². The van der Waals surface area contributed by atoms with E-state index in [1.54, 1.807) is 35.3 Å². The first-order valence-electron chi connectivity index (χ1n) is 5.31. The van der Waals surface area contributed by atoms with Crippen LogP contribution in [-0.2, 0) is 9.53 Å². The number of nitrogens with zero attached hydrogens (tertiary/aromatic N) is 2. The van der Waals surface area contributed by atoms with E-state index in [1.807, 2.05) is 6.07 Å². The lowest BCUT2D eigenvalue weighted by atomic mass is 10.2. The Morgan fingerprint density at radius 3 is 3.00 bits per heavy atom. The van der Waals surface area contributed by atoms with Crippen molar-refractivity contribution in [1.29, 1.82) is 0 Å². The number of hydrogen-bond donors (Lipinski definition) is 1. The summed E-state index contributed by atoms with van der Waals surface area (Å²) in [5, 5.41) is 7.65. The number of aromatic nitrogens is 2. The number of nitrogens with one attached hydrogen (secondary N) is 1. The molecule has 0 saturated heterocycles. The zero-order chi connectivity index (χ0) is 13.0. The van der Waals surface area contributed by atoms with Crippen molar-refractivity contribution in [2.75, 3.05) is 19.0 Å². The van der Waals surface area contributed by atoms with Gasteiger partial charge < -0.3 is 10.1 Å². The van der Waals surface area contributed by atoms with Crippen LogP contribution < -0.4 is 5.32 Å². The Labute approximate surface area is 109 Å². The zero-order valence-corrected chi connectivity index (χ0v) is 10.5. The number of hydrogen-bond acceptors (Lipinski definition) is 4. The number of para-hydroxylation sites is 1.